The highest BCUT2D eigenvalue weighted by Gasteiger charge is 2.32. The summed E-state index contributed by atoms with van der Waals surface area (Å²) in [4.78, 5) is 12.0. The van der Waals surface area contributed by atoms with E-state index in [1.165, 1.54) is 12.1 Å². The van der Waals surface area contributed by atoms with E-state index in [9.17, 15) is 26.4 Å². The molecule has 0 saturated heterocycles. The zero-order valence-corrected chi connectivity index (χ0v) is 17.5. The van der Waals surface area contributed by atoms with Gasteiger partial charge in [0.25, 0.3) is 5.91 Å². The van der Waals surface area contributed by atoms with Crippen molar-refractivity contribution in [2.75, 3.05) is 0 Å². The molecule has 30 heavy (non-hydrogen) atoms. The third-order valence-corrected chi connectivity index (χ3v) is 7.40. The second kappa shape index (κ2) is 8.45. The fraction of sp³-hybridized carbons (Fsp3) is 0.476. The highest BCUT2D eigenvalue weighted by Crippen LogP contribution is 2.32. The van der Waals surface area contributed by atoms with Gasteiger partial charge in [0, 0.05) is 6.04 Å². The van der Waals surface area contributed by atoms with Gasteiger partial charge in [0.1, 0.15) is 11.5 Å². The summed E-state index contributed by atoms with van der Waals surface area (Å²) in [6.45, 7) is 4.23. The van der Waals surface area contributed by atoms with E-state index < -0.39 is 38.1 Å². The van der Waals surface area contributed by atoms with Crippen LogP contribution in [0.25, 0.3) is 0 Å². The van der Waals surface area contributed by atoms with Crippen LogP contribution >= 0.6 is 0 Å². The third kappa shape index (κ3) is 5.06. The largest absolute Gasteiger partial charge is 0.455 e. The molecule has 1 aliphatic rings. The fourth-order valence-electron chi connectivity index (χ4n) is 3.74. The monoisotopic (exact) mass is 443 g/mol. The Balaban J connectivity index is 1.71. The Morgan fingerprint density at radius 2 is 1.90 bits per heavy atom. The second-order valence-corrected chi connectivity index (χ2v) is 9.89. The number of hydrogen-bond donors (Lipinski definition) is 1. The Hall–Kier alpha value is -2.29. The number of halogens is 3. The summed E-state index contributed by atoms with van der Waals surface area (Å²) in [6, 6.07) is 6.30. The number of amides is 1. The van der Waals surface area contributed by atoms with Crippen molar-refractivity contribution in [3.8, 4) is 0 Å². The van der Waals surface area contributed by atoms with E-state index in [-0.39, 0.29) is 17.6 Å². The number of carbonyl (C=O) groups is 1. The van der Waals surface area contributed by atoms with Crippen molar-refractivity contribution in [2.24, 2.45) is 11.8 Å². The summed E-state index contributed by atoms with van der Waals surface area (Å²) in [6.07, 6.45) is -1.63. The number of carbonyl (C=O) groups excluding carboxylic acids is 1. The van der Waals surface area contributed by atoms with Crippen molar-refractivity contribution in [1.29, 1.82) is 0 Å². The predicted octanol–water partition coefficient (Wildman–Crippen LogP) is 4.83. The molecule has 1 N–H and O–H groups in total. The molecule has 1 aromatic heterocycles. The predicted molar refractivity (Wildman–Crippen MR) is 104 cm³/mol. The van der Waals surface area contributed by atoms with Gasteiger partial charge >= 0.3 is 6.18 Å². The first-order chi connectivity index (χ1) is 14.0. The van der Waals surface area contributed by atoms with Crippen LogP contribution in [-0.2, 0) is 21.8 Å². The number of alkyl halides is 3. The van der Waals surface area contributed by atoms with Crippen LogP contribution in [-0.4, -0.2) is 20.4 Å². The molecule has 2 aromatic rings. The van der Waals surface area contributed by atoms with Gasteiger partial charge in [-0.25, -0.2) is 8.42 Å². The lowest BCUT2D eigenvalue weighted by Gasteiger charge is -2.34. The number of benzene rings is 1. The van der Waals surface area contributed by atoms with Crippen LogP contribution in [0.5, 0.6) is 0 Å². The summed E-state index contributed by atoms with van der Waals surface area (Å²) in [7, 11) is -4.08. The zero-order chi connectivity index (χ0) is 22.1. The Morgan fingerprint density at radius 1 is 1.17 bits per heavy atom. The van der Waals surface area contributed by atoms with Gasteiger partial charge < -0.3 is 9.73 Å². The molecule has 1 heterocycles. The van der Waals surface area contributed by atoms with Gasteiger partial charge in [-0.3, -0.25) is 4.79 Å². The van der Waals surface area contributed by atoms with E-state index in [1.54, 1.807) is 0 Å². The maximum absolute atomic E-state index is 12.9. The van der Waals surface area contributed by atoms with Crippen molar-refractivity contribution in [2.45, 2.75) is 56.0 Å². The Labute approximate surface area is 173 Å². The first-order valence-electron chi connectivity index (χ1n) is 9.77. The SMILES string of the molecule is C[C@H]1[C@H](C)CCC[C@H]1NC(=O)c1ccc(CS(=O)(=O)c2cccc(C(F)(F)F)c2)o1. The smallest absolute Gasteiger partial charge is 0.416 e. The molecule has 1 amide bonds. The minimum atomic E-state index is -4.64. The molecule has 9 heteroatoms. The molecule has 0 unspecified atom stereocenters. The first-order valence-corrected chi connectivity index (χ1v) is 11.4. The minimum absolute atomic E-state index is 0.0115. The highest BCUT2D eigenvalue weighted by molar-refractivity contribution is 7.90. The summed E-state index contributed by atoms with van der Waals surface area (Å²) >= 11 is 0. The molecule has 5 nitrogen and oxygen atoms in total. The van der Waals surface area contributed by atoms with Crippen molar-refractivity contribution >= 4 is 15.7 Å². The van der Waals surface area contributed by atoms with Crippen LogP contribution in [0, 0.1) is 11.8 Å². The lowest BCUT2D eigenvalue weighted by Crippen LogP contribution is -2.43. The average molecular weight is 443 g/mol. The van der Waals surface area contributed by atoms with E-state index >= 15 is 0 Å². The molecule has 0 radical (unpaired) electrons. The number of hydrogen-bond acceptors (Lipinski definition) is 4. The van der Waals surface area contributed by atoms with Gasteiger partial charge in [0.05, 0.1) is 10.5 Å². The van der Waals surface area contributed by atoms with E-state index in [2.05, 4.69) is 19.2 Å². The third-order valence-electron chi connectivity index (χ3n) is 5.76. The fourth-order valence-corrected chi connectivity index (χ4v) is 5.03. The maximum Gasteiger partial charge on any atom is 0.416 e. The Kier molecular flexibility index (Phi) is 6.31. The molecule has 0 aliphatic heterocycles. The van der Waals surface area contributed by atoms with Crippen LogP contribution in [0.2, 0.25) is 0 Å². The summed E-state index contributed by atoms with van der Waals surface area (Å²) in [5, 5.41) is 2.94. The van der Waals surface area contributed by atoms with Crippen LogP contribution in [0.3, 0.4) is 0 Å². The maximum atomic E-state index is 12.9. The van der Waals surface area contributed by atoms with Crippen LogP contribution in [0.1, 0.15) is 55.0 Å². The number of rotatable bonds is 5. The summed E-state index contributed by atoms with van der Waals surface area (Å²) < 4.78 is 69.0. The number of furan rings is 1. The second-order valence-electron chi connectivity index (χ2n) is 7.90. The van der Waals surface area contributed by atoms with E-state index in [0.29, 0.717) is 17.9 Å². The van der Waals surface area contributed by atoms with Crippen LogP contribution in [0.15, 0.2) is 45.7 Å². The summed E-state index contributed by atoms with van der Waals surface area (Å²) in [5.74, 6) is -0.286. The quantitative estimate of drug-likeness (QED) is 0.718. The molecule has 0 spiro atoms. The molecular formula is C21H24F3NO4S. The highest BCUT2D eigenvalue weighted by atomic mass is 32.2. The van der Waals surface area contributed by atoms with Gasteiger partial charge in [-0.1, -0.05) is 32.8 Å². The molecule has 3 atom stereocenters. The Morgan fingerprint density at radius 3 is 2.60 bits per heavy atom. The number of nitrogens with one attached hydrogen (secondary N) is 1. The van der Waals surface area contributed by atoms with Crippen LogP contribution in [0.4, 0.5) is 13.2 Å². The van der Waals surface area contributed by atoms with Gasteiger partial charge in [-0.15, -0.1) is 0 Å². The van der Waals surface area contributed by atoms with Crippen LogP contribution < -0.4 is 5.32 Å². The van der Waals surface area contributed by atoms with E-state index in [1.807, 2.05) is 0 Å². The van der Waals surface area contributed by atoms with Crippen molar-refractivity contribution in [3.63, 3.8) is 0 Å². The molecule has 0 bridgehead atoms. The normalized spacial score (nSPS) is 22.6. The molecule has 1 aliphatic carbocycles. The summed E-state index contributed by atoms with van der Waals surface area (Å²) in [5.41, 5.74) is -1.04. The average Bonchev–Trinajstić information content (AvgIpc) is 3.13. The standard InChI is InChI=1S/C21H24F3NO4S/c1-13-5-3-8-18(14(13)2)25-20(26)19-10-9-16(29-19)12-30(27,28)17-7-4-6-15(11-17)21(22,23)24/h4,6-7,9-11,13-14,18H,3,5,8,12H2,1-2H3,(H,25,26)/t13-,14+,18-/m1/s1. The van der Waals surface area contributed by atoms with Crippen molar-refractivity contribution in [3.05, 3.63) is 53.5 Å². The molecule has 3 rings (SSSR count). The van der Waals surface area contributed by atoms with Gasteiger partial charge in [-0.05, 0) is 48.6 Å². The molecule has 164 valence electrons. The zero-order valence-electron chi connectivity index (χ0n) is 16.7. The lowest BCUT2D eigenvalue weighted by molar-refractivity contribution is -0.137. The lowest BCUT2D eigenvalue weighted by atomic mass is 9.78. The molecular weight excluding hydrogens is 419 g/mol. The molecule has 1 fully saturated rings. The Bertz CT molecular complexity index is 1010. The molecule has 1 aromatic carbocycles. The van der Waals surface area contributed by atoms with E-state index in [4.69, 9.17) is 4.42 Å². The van der Waals surface area contributed by atoms with Gasteiger partial charge in [0.15, 0.2) is 15.6 Å². The minimum Gasteiger partial charge on any atom is -0.455 e. The molecule has 1 saturated carbocycles. The van der Waals surface area contributed by atoms with Crippen molar-refractivity contribution in [1.82, 2.24) is 5.32 Å². The van der Waals surface area contributed by atoms with E-state index in [0.717, 1.165) is 37.5 Å². The topological polar surface area (TPSA) is 76.4 Å². The van der Waals surface area contributed by atoms with Crippen molar-refractivity contribution < 1.29 is 30.8 Å². The van der Waals surface area contributed by atoms with Gasteiger partial charge in [-0.2, -0.15) is 13.2 Å². The first kappa shape index (κ1) is 22.4. The van der Waals surface area contributed by atoms with Gasteiger partial charge in [0.2, 0.25) is 0 Å². The number of sulfone groups is 1.